The summed E-state index contributed by atoms with van der Waals surface area (Å²) in [5, 5.41) is 0. The fourth-order valence-corrected chi connectivity index (χ4v) is 2.92. The Bertz CT molecular complexity index is 367. The lowest BCUT2D eigenvalue weighted by atomic mass is 9.91. The van der Waals surface area contributed by atoms with Gasteiger partial charge in [-0.25, -0.2) is 0 Å². The van der Waals surface area contributed by atoms with Crippen molar-refractivity contribution in [2.75, 3.05) is 6.61 Å². The molecule has 0 N–H and O–H groups in total. The summed E-state index contributed by atoms with van der Waals surface area (Å²) in [7, 11) is 0. The van der Waals surface area contributed by atoms with Crippen LogP contribution in [0.4, 0.5) is 0 Å². The smallest absolute Gasteiger partial charge is 0.127 e. The summed E-state index contributed by atoms with van der Waals surface area (Å²) in [5.41, 5.74) is 1.31. The molecule has 0 radical (unpaired) electrons. The minimum atomic E-state index is 0.185. The first-order chi connectivity index (χ1) is 8.24. The third-order valence-corrected chi connectivity index (χ3v) is 4.03. The van der Waals surface area contributed by atoms with Crippen LogP contribution < -0.4 is 4.74 Å². The third-order valence-electron chi connectivity index (χ3n) is 3.13. The molecule has 0 amide bonds. The zero-order valence-electron chi connectivity index (χ0n) is 10.4. The van der Waals surface area contributed by atoms with Gasteiger partial charge in [0.05, 0.1) is 0 Å². The highest BCUT2D eigenvalue weighted by Crippen LogP contribution is 2.34. The maximum Gasteiger partial charge on any atom is 0.127 e. The minimum Gasteiger partial charge on any atom is -0.488 e. The SMILES string of the molecule is CCOC1C(Br)CC1Oc1cccc(CC)c1. The van der Waals surface area contributed by atoms with Crippen molar-refractivity contribution in [3.05, 3.63) is 29.8 Å². The van der Waals surface area contributed by atoms with E-state index in [4.69, 9.17) is 9.47 Å². The van der Waals surface area contributed by atoms with Crippen molar-refractivity contribution in [2.24, 2.45) is 0 Å². The molecule has 0 aliphatic heterocycles. The summed E-state index contributed by atoms with van der Waals surface area (Å²) in [6, 6.07) is 8.31. The number of aryl methyl sites for hydroxylation is 1. The van der Waals surface area contributed by atoms with Gasteiger partial charge < -0.3 is 9.47 Å². The van der Waals surface area contributed by atoms with E-state index >= 15 is 0 Å². The molecule has 0 bridgehead atoms. The summed E-state index contributed by atoms with van der Waals surface area (Å²) in [5.74, 6) is 0.957. The molecule has 3 unspecified atom stereocenters. The monoisotopic (exact) mass is 298 g/mol. The van der Waals surface area contributed by atoms with Crippen LogP contribution in [-0.4, -0.2) is 23.6 Å². The fourth-order valence-electron chi connectivity index (χ4n) is 2.06. The summed E-state index contributed by atoms with van der Waals surface area (Å²) in [4.78, 5) is 0.432. The minimum absolute atomic E-state index is 0.185. The van der Waals surface area contributed by atoms with Gasteiger partial charge in [0.15, 0.2) is 0 Å². The average Bonchev–Trinajstić information content (AvgIpc) is 2.36. The highest BCUT2D eigenvalue weighted by molar-refractivity contribution is 9.09. The van der Waals surface area contributed by atoms with E-state index < -0.39 is 0 Å². The molecule has 1 aliphatic rings. The summed E-state index contributed by atoms with van der Waals surface area (Å²) < 4.78 is 11.6. The zero-order valence-corrected chi connectivity index (χ0v) is 11.9. The molecule has 0 aromatic heterocycles. The predicted molar refractivity (Wildman–Crippen MR) is 73.0 cm³/mol. The molecule has 94 valence electrons. The maximum absolute atomic E-state index is 5.97. The van der Waals surface area contributed by atoms with E-state index in [0.717, 1.165) is 25.2 Å². The molecule has 2 rings (SSSR count). The molecular formula is C14H19BrO2. The van der Waals surface area contributed by atoms with E-state index in [-0.39, 0.29) is 12.2 Å². The van der Waals surface area contributed by atoms with Crippen molar-refractivity contribution in [1.29, 1.82) is 0 Å². The van der Waals surface area contributed by atoms with Crippen molar-refractivity contribution < 1.29 is 9.47 Å². The number of hydrogen-bond donors (Lipinski definition) is 0. The molecule has 0 saturated heterocycles. The van der Waals surface area contributed by atoms with Gasteiger partial charge in [-0.05, 0) is 31.0 Å². The lowest BCUT2D eigenvalue weighted by molar-refractivity contribution is -0.0723. The first-order valence-electron chi connectivity index (χ1n) is 6.25. The first kappa shape index (κ1) is 12.9. The molecule has 0 spiro atoms. The van der Waals surface area contributed by atoms with Crippen molar-refractivity contribution in [3.63, 3.8) is 0 Å². The van der Waals surface area contributed by atoms with Crippen LogP contribution in [0.3, 0.4) is 0 Å². The number of alkyl halides is 1. The van der Waals surface area contributed by atoms with Crippen molar-refractivity contribution >= 4 is 15.9 Å². The average molecular weight is 299 g/mol. The number of ether oxygens (including phenoxy) is 2. The number of benzene rings is 1. The summed E-state index contributed by atoms with van der Waals surface area (Å²) in [6.45, 7) is 4.91. The zero-order chi connectivity index (χ0) is 12.3. The van der Waals surface area contributed by atoms with Crippen molar-refractivity contribution in [2.45, 2.75) is 43.7 Å². The molecule has 17 heavy (non-hydrogen) atoms. The van der Waals surface area contributed by atoms with Gasteiger partial charge in [0.1, 0.15) is 18.0 Å². The second-order valence-electron chi connectivity index (χ2n) is 4.33. The summed E-state index contributed by atoms with van der Waals surface area (Å²) >= 11 is 3.60. The molecule has 0 heterocycles. The topological polar surface area (TPSA) is 18.5 Å². The van der Waals surface area contributed by atoms with Gasteiger partial charge in [0.2, 0.25) is 0 Å². The third kappa shape index (κ3) is 3.02. The molecule has 1 fully saturated rings. The second kappa shape index (κ2) is 5.87. The van der Waals surface area contributed by atoms with Crippen LogP contribution in [0.1, 0.15) is 25.8 Å². The lowest BCUT2D eigenvalue weighted by Gasteiger charge is -2.40. The van der Waals surface area contributed by atoms with Crippen LogP contribution in [0.15, 0.2) is 24.3 Å². The van der Waals surface area contributed by atoms with Crippen LogP contribution >= 0.6 is 15.9 Å². The first-order valence-corrected chi connectivity index (χ1v) is 7.17. The highest BCUT2D eigenvalue weighted by atomic mass is 79.9. The van der Waals surface area contributed by atoms with E-state index in [1.807, 2.05) is 19.1 Å². The van der Waals surface area contributed by atoms with Gasteiger partial charge in [-0.1, -0.05) is 35.0 Å². The Kier molecular flexibility index (Phi) is 4.46. The van der Waals surface area contributed by atoms with E-state index in [2.05, 4.69) is 35.0 Å². The van der Waals surface area contributed by atoms with Crippen molar-refractivity contribution in [1.82, 2.24) is 0 Å². The Labute approximate surface area is 111 Å². The van der Waals surface area contributed by atoms with Crippen molar-refractivity contribution in [3.8, 4) is 5.75 Å². The van der Waals surface area contributed by atoms with Gasteiger partial charge in [-0.2, -0.15) is 0 Å². The Morgan fingerprint density at radius 2 is 2.18 bits per heavy atom. The molecule has 3 heteroatoms. The Balaban J connectivity index is 1.96. The largest absolute Gasteiger partial charge is 0.488 e. The number of rotatable bonds is 5. The molecular weight excluding hydrogens is 280 g/mol. The molecule has 2 nitrogen and oxygen atoms in total. The summed E-state index contributed by atoms with van der Waals surface area (Å²) in [6.07, 6.45) is 2.43. The van der Waals surface area contributed by atoms with Crippen LogP contribution in [-0.2, 0) is 11.2 Å². The molecule has 1 aromatic carbocycles. The standard InChI is InChI=1S/C14H19BrO2/c1-3-10-6-5-7-11(8-10)17-13-9-12(15)14(13)16-4-2/h5-8,12-14H,3-4,9H2,1-2H3. The maximum atomic E-state index is 5.97. The molecule has 1 aliphatic carbocycles. The lowest BCUT2D eigenvalue weighted by Crippen LogP contribution is -2.52. The predicted octanol–water partition coefficient (Wildman–Crippen LogP) is 3.57. The normalized spacial score (nSPS) is 27.6. The van der Waals surface area contributed by atoms with E-state index in [9.17, 15) is 0 Å². The van der Waals surface area contributed by atoms with Gasteiger partial charge >= 0.3 is 0 Å². The number of hydrogen-bond acceptors (Lipinski definition) is 2. The Hall–Kier alpha value is -0.540. The number of halogens is 1. The fraction of sp³-hybridized carbons (Fsp3) is 0.571. The van der Waals surface area contributed by atoms with E-state index in [0.29, 0.717) is 4.83 Å². The van der Waals surface area contributed by atoms with Gasteiger partial charge in [-0.3, -0.25) is 0 Å². The Morgan fingerprint density at radius 1 is 1.35 bits per heavy atom. The van der Waals surface area contributed by atoms with E-state index in [1.165, 1.54) is 5.56 Å². The quantitative estimate of drug-likeness (QED) is 0.774. The van der Waals surface area contributed by atoms with Crippen LogP contribution in [0.25, 0.3) is 0 Å². The molecule has 1 aromatic rings. The van der Waals surface area contributed by atoms with Gasteiger partial charge in [0.25, 0.3) is 0 Å². The molecule has 1 saturated carbocycles. The van der Waals surface area contributed by atoms with Crippen LogP contribution in [0.5, 0.6) is 5.75 Å². The Morgan fingerprint density at radius 3 is 2.82 bits per heavy atom. The second-order valence-corrected chi connectivity index (χ2v) is 5.51. The van der Waals surface area contributed by atoms with E-state index in [1.54, 1.807) is 0 Å². The van der Waals surface area contributed by atoms with Crippen LogP contribution in [0.2, 0.25) is 0 Å². The highest BCUT2D eigenvalue weighted by Gasteiger charge is 2.42. The molecule has 3 atom stereocenters. The van der Waals surface area contributed by atoms with Crippen LogP contribution in [0, 0.1) is 0 Å². The van der Waals surface area contributed by atoms with Gasteiger partial charge in [0, 0.05) is 17.9 Å². The van der Waals surface area contributed by atoms with Gasteiger partial charge in [-0.15, -0.1) is 0 Å².